The van der Waals surface area contributed by atoms with Crippen LogP contribution in [0.5, 0.6) is 5.88 Å². The minimum absolute atomic E-state index is 0.0454. The molecule has 2 aromatic rings. The number of hydrogen-bond donors (Lipinski definition) is 2. The zero-order chi connectivity index (χ0) is 19.5. The van der Waals surface area contributed by atoms with E-state index < -0.39 is 6.10 Å². The topological polar surface area (TPSA) is 80.7 Å². The number of carbonyl (C=O) groups is 1. The number of fused-ring (bicyclic) bond motifs is 1. The van der Waals surface area contributed by atoms with Gasteiger partial charge in [0.15, 0.2) is 5.78 Å². The summed E-state index contributed by atoms with van der Waals surface area (Å²) < 4.78 is 10.7. The van der Waals surface area contributed by atoms with Crippen molar-refractivity contribution in [1.82, 2.24) is 10.3 Å². The zero-order valence-electron chi connectivity index (χ0n) is 15.4. The van der Waals surface area contributed by atoms with Gasteiger partial charge < -0.3 is 19.9 Å². The SMILES string of the molecule is O=C(CC[C@@H](O)[C@@H]1Cc2ccccc2CN1)c1cc(Cl)nc(OC2COC2)c1. The van der Waals surface area contributed by atoms with Crippen molar-refractivity contribution in [1.29, 1.82) is 0 Å². The number of aliphatic hydroxyl groups is 1. The molecule has 0 unspecified atom stereocenters. The Balaban J connectivity index is 1.34. The summed E-state index contributed by atoms with van der Waals surface area (Å²) in [6.45, 7) is 1.76. The quantitative estimate of drug-likeness (QED) is 0.547. The van der Waals surface area contributed by atoms with E-state index >= 15 is 0 Å². The van der Waals surface area contributed by atoms with Gasteiger partial charge in [0.1, 0.15) is 11.3 Å². The minimum atomic E-state index is -0.600. The number of nitrogens with zero attached hydrogens (tertiary/aromatic N) is 1. The first-order valence-electron chi connectivity index (χ1n) is 9.52. The predicted molar refractivity (Wildman–Crippen MR) is 105 cm³/mol. The molecule has 6 nitrogen and oxygen atoms in total. The molecule has 1 fully saturated rings. The molecule has 0 amide bonds. The number of hydrogen-bond acceptors (Lipinski definition) is 6. The van der Waals surface area contributed by atoms with E-state index in [1.54, 1.807) is 6.07 Å². The van der Waals surface area contributed by atoms with Gasteiger partial charge >= 0.3 is 0 Å². The molecule has 2 atom stereocenters. The van der Waals surface area contributed by atoms with Crippen LogP contribution in [0.3, 0.4) is 0 Å². The van der Waals surface area contributed by atoms with E-state index in [0.29, 0.717) is 31.1 Å². The Morgan fingerprint density at radius 2 is 2.11 bits per heavy atom. The largest absolute Gasteiger partial charge is 0.469 e. The number of carbonyl (C=O) groups excluding carboxylic acids is 1. The van der Waals surface area contributed by atoms with E-state index in [-0.39, 0.29) is 29.5 Å². The number of nitrogens with one attached hydrogen (secondary N) is 1. The summed E-state index contributed by atoms with van der Waals surface area (Å²) in [5.41, 5.74) is 2.96. The molecule has 28 heavy (non-hydrogen) atoms. The monoisotopic (exact) mass is 402 g/mol. The Hall–Kier alpha value is -1.99. The number of pyridine rings is 1. The van der Waals surface area contributed by atoms with E-state index in [1.165, 1.54) is 17.2 Å². The Kier molecular flexibility index (Phi) is 5.92. The molecule has 1 saturated heterocycles. The lowest BCUT2D eigenvalue weighted by atomic mass is 9.91. The lowest BCUT2D eigenvalue weighted by molar-refractivity contribution is -0.0813. The lowest BCUT2D eigenvalue weighted by Crippen LogP contribution is -2.44. The highest BCUT2D eigenvalue weighted by Crippen LogP contribution is 2.23. The lowest BCUT2D eigenvalue weighted by Gasteiger charge is -2.29. The second kappa shape index (κ2) is 8.57. The van der Waals surface area contributed by atoms with Gasteiger partial charge in [0.05, 0.1) is 19.3 Å². The van der Waals surface area contributed by atoms with Crippen LogP contribution >= 0.6 is 11.6 Å². The fourth-order valence-electron chi connectivity index (χ4n) is 3.52. The summed E-state index contributed by atoms with van der Waals surface area (Å²) in [7, 11) is 0. The average molecular weight is 403 g/mol. The molecule has 0 radical (unpaired) electrons. The molecule has 3 heterocycles. The van der Waals surface area contributed by atoms with Crippen molar-refractivity contribution in [2.75, 3.05) is 13.2 Å². The van der Waals surface area contributed by atoms with Crippen LogP contribution in [0.15, 0.2) is 36.4 Å². The molecule has 2 aliphatic heterocycles. The molecule has 148 valence electrons. The number of Topliss-reactive ketones (excluding diaryl/α,β-unsaturated/α-hetero) is 1. The van der Waals surface area contributed by atoms with Crippen LogP contribution in [-0.4, -0.2) is 47.3 Å². The van der Waals surface area contributed by atoms with Gasteiger partial charge in [-0.05, 0) is 30.0 Å². The van der Waals surface area contributed by atoms with Gasteiger partial charge in [-0.25, -0.2) is 4.98 Å². The number of halogens is 1. The molecular weight excluding hydrogens is 380 g/mol. The molecule has 1 aromatic heterocycles. The van der Waals surface area contributed by atoms with E-state index in [1.807, 2.05) is 12.1 Å². The van der Waals surface area contributed by atoms with Crippen LogP contribution in [0.2, 0.25) is 5.15 Å². The first-order chi connectivity index (χ1) is 13.6. The highest BCUT2D eigenvalue weighted by molar-refractivity contribution is 6.29. The normalized spacial score (nSPS) is 20.1. The summed E-state index contributed by atoms with van der Waals surface area (Å²) in [5, 5.41) is 14.2. The number of ketones is 1. The summed E-state index contributed by atoms with van der Waals surface area (Å²) in [6.07, 6.45) is 0.723. The average Bonchev–Trinajstić information content (AvgIpc) is 2.68. The van der Waals surface area contributed by atoms with Crippen molar-refractivity contribution in [2.24, 2.45) is 0 Å². The molecule has 0 saturated carbocycles. The molecular formula is C21H23ClN2O4. The number of rotatable bonds is 7. The first kappa shape index (κ1) is 19.3. The van der Waals surface area contributed by atoms with Gasteiger partial charge in [-0.2, -0.15) is 0 Å². The fourth-order valence-corrected chi connectivity index (χ4v) is 3.72. The molecule has 0 aliphatic carbocycles. The Labute approximate surface area is 168 Å². The maximum Gasteiger partial charge on any atom is 0.215 e. The molecule has 0 bridgehead atoms. The maximum atomic E-state index is 12.6. The minimum Gasteiger partial charge on any atom is -0.469 e. The molecule has 2 N–H and O–H groups in total. The molecule has 2 aliphatic rings. The third kappa shape index (κ3) is 4.52. The van der Waals surface area contributed by atoms with Crippen LogP contribution in [0.4, 0.5) is 0 Å². The Morgan fingerprint density at radius 1 is 1.32 bits per heavy atom. The standard InChI is InChI=1S/C21H23ClN2O4/c22-20-8-15(9-21(24-20)28-16-11-27-12-16)18(25)5-6-19(26)17-7-13-3-1-2-4-14(13)10-23-17/h1-4,8-9,16-17,19,23,26H,5-7,10-12H2/t17-,19+/m0/s1. The second-order valence-corrected chi connectivity index (χ2v) is 7.67. The van der Waals surface area contributed by atoms with Crippen LogP contribution in [0.1, 0.15) is 34.3 Å². The summed E-state index contributed by atoms with van der Waals surface area (Å²) in [5.74, 6) is 0.240. The van der Waals surface area contributed by atoms with Crippen molar-refractivity contribution >= 4 is 17.4 Å². The molecule has 1 aromatic carbocycles. The predicted octanol–water partition coefficient (Wildman–Crippen LogP) is 2.55. The van der Waals surface area contributed by atoms with Gasteiger partial charge in [0, 0.05) is 30.6 Å². The van der Waals surface area contributed by atoms with Gasteiger partial charge in [-0.3, -0.25) is 4.79 Å². The Bertz CT molecular complexity index is 856. The van der Waals surface area contributed by atoms with Crippen molar-refractivity contribution in [2.45, 2.75) is 44.1 Å². The van der Waals surface area contributed by atoms with Crippen LogP contribution in [0.25, 0.3) is 0 Å². The highest BCUT2D eigenvalue weighted by Gasteiger charge is 2.25. The fraction of sp³-hybridized carbons (Fsp3) is 0.429. The summed E-state index contributed by atoms with van der Waals surface area (Å²) in [4.78, 5) is 16.7. The second-order valence-electron chi connectivity index (χ2n) is 7.28. The third-order valence-corrected chi connectivity index (χ3v) is 5.43. The third-order valence-electron chi connectivity index (χ3n) is 5.23. The summed E-state index contributed by atoms with van der Waals surface area (Å²) >= 11 is 6.04. The first-order valence-corrected chi connectivity index (χ1v) is 9.89. The van der Waals surface area contributed by atoms with Crippen molar-refractivity contribution in [3.63, 3.8) is 0 Å². The van der Waals surface area contributed by atoms with Gasteiger partial charge in [0.2, 0.25) is 5.88 Å². The van der Waals surface area contributed by atoms with Crippen molar-refractivity contribution in [3.05, 3.63) is 58.2 Å². The number of benzene rings is 1. The Morgan fingerprint density at radius 3 is 2.86 bits per heavy atom. The van der Waals surface area contributed by atoms with Gasteiger partial charge in [-0.15, -0.1) is 0 Å². The maximum absolute atomic E-state index is 12.6. The number of aliphatic hydroxyl groups excluding tert-OH is 1. The number of ether oxygens (including phenoxy) is 2. The van der Waals surface area contributed by atoms with Crippen LogP contribution in [-0.2, 0) is 17.7 Å². The smallest absolute Gasteiger partial charge is 0.215 e. The molecule has 0 spiro atoms. The van der Waals surface area contributed by atoms with Gasteiger partial charge in [0.25, 0.3) is 0 Å². The van der Waals surface area contributed by atoms with E-state index in [4.69, 9.17) is 21.1 Å². The van der Waals surface area contributed by atoms with Crippen LogP contribution in [0, 0.1) is 0 Å². The van der Waals surface area contributed by atoms with E-state index in [0.717, 1.165) is 13.0 Å². The number of aromatic nitrogens is 1. The van der Waals surface area contributed by atoms with Crippen molar-refractivity contribution < 1.29 is 19.4 Å². The molecule has 4 rings (SSSR count). The summed E-state index contributed by atoms with van der Waals surface area (Å²) in [6, 6.07) is 11.3. The van der Waals surface area contributed by atoms with Crippen molar-refractivity contribution in [3.8, 4) is 5.88 Å². The van der Waals surface area contributed by atoms with E-state index in [2.05, 4.69) is 22.4 Å². The highest BCUT2D eigenvalue weighted by atomic mass is 35.5. The van der Waals surface area contributed by atoms with E-state index in [9.17, 15) is 9.90 Å². The van der Waals surface area contributed by atoms with Crippen LogP contribution < -0.4 is 10.1 Å². The zero-order valence-corrected chi connectivity index (χ0v) is 16.2. The molecule has 7 heteroatoms. The van der Waals surface area contributed by atoms with Gasteiger partial charge in [-0.1, -0.05) is 35.9 Å².